The molecule has 0 aliphatic rings. The predicted molar refractivity (Wildman–Crippen MR) is 66.8 cm³/mol. The minimum absolute atomic E-state index is 0. The van der Waals surface area contributed by atoms with E-state index in [1.54, 1.807) is 0 Å². The summed E-state index contributed by atoms with van der Waals surface area (Å²) in [6, 6.07) is 13.8. The van der Waals surface area contributed by atoms with E-state index in [4.69, 9.17) is 11.5 Å². The summed E-state index contributed by atoms with van der Waals surface area (Å²) in [5.74, 6) is 0. The molecule has 0 unspecified atom stereocenters. The van der Waals surface area contributed by atoms with Crippen molar-refractivity contribution in [2.24, 2.45) is 0 Å². The van der Waals surface area contributed by atoms with Crippen molar-refractivity contribution in [1.29, 1.82) is 0 Å². The van der Waals surface area contributed by atoms with Gasteiger partial charge < -0.3 is 23.9 Å². The predicted octanol–water partition coefficient (Wildman–Crippen LogP) is -1.02. The highest BCUT2D eigenvalue weighted by atomic mass is 35.5. The zero-order chi connectivity index (χ0) is 11.1. The van der Waals surface area contributed by atoms with E-state index in [2.05, 4.69) is 11.1 Å². The number of aromatic amines is 1. The molecular formula is C13H12ClN3. The fourth-order valence-electron chi connectivity index (χ4n) is 1.93. The average Bonchev–Trinajstić information content (AvgIpc) is 2.26. The number of benzene rings is 2. The largest absolute Gasteiger partial charge is 1.00 e. The third-order valence-corrected chi connectivity index (χ3v) is 2.74. The Kier molecular flexibility index (Phi) is 2.77. The van der Waals surface area contributed by atoms with Crippen LogP contribution in [0.4, 0.5) is 11.4 Å². The first-order valence-corrected chi connectivity index (χ1v) is 5.13. The Morgan fingerprint density at radius 1 is 0.706 bits per heavy atom. The SMILES string of the molecule is Nc1ccc2cc3ccc(N)cc3[nH+]c2c1.[Cl-]. The molecule has 3 nitrogen and oxygen atoms in total. The van der Waals surface area contributed by atoms with Gasteiger partial charge in [0.25, 0.3) is 0 Å². The van der Waals surface area contributed by atoms with E-state index in [1.165, 1.54) is 0 Å². The second-order valence-corrected chi connectivity index (χ2v) is 3.96. The number of rotatable bonds is 0. The van der Waals surface area contributed by atoms with Crippen molar-refractivity contribution in [1.82, 2.24) is 0 Å². The quantitative estimate of drug-likeness (QED) is 0.393. The van der Waals surface area contributed by atoms with Crippen molar-refractivity contribution in [3.8, 4) is 0 Å². The van der Waals surface area contributed by atoms with Gasteiger partial charge in [-0.15, -0.1) is 0 Å². The van der Waals surface area contributed by atoms with Crippen LogP contribution in [0.1, 0.15) is 0 Å². The van der Waals surface area contributed by atoms with Gasteiger partial charge in [0.1, 0.15) is 0 Å². The van der Waals surface area contributed by atoms with E-state index < -0.39 is 0 Å². The molecule has 0 aliphatic heterocycles. The van der Waals surface area contributed by atoms with Gasteiger partial charge in [-0.25, -0.2) is 4.98 Å². The number of pyridine rings is 1. The molecule has 0 saturated carbocycles. The summed E-state index contributed by atoms with van der Waals surface area (Å²) in [7, 11) is 0. The molecule has 0 amide bonds. The van der Waals surface area contributed by atoms with Crippen LogP contribution in [-0.4, -0.2) is 0 Å². The van der Waals surface area contributed by atoms with Crippen LogP contribution in [-0.2, 0) is 0 Å². The molecule has 0 fully saturated rings. The zero-order valence-electron chi connectivity index (χ0n) is 9.07. The van der Waals surface area contributed by atoms with E-state index in [0.29, 0.717) is 0 Å². The number of halogens is 1. The Morgan fingerprint density at radius 2 is 1.18 bits per heavy atom. The molecule has 0 spiro atoms. The monoisotopic (exact) mass is 245 g/mol. The molecule has 3 rings (SSSR count). The van der Waals surface area contributed by atoms with E-state index in [0.717, 1.165) is 33.2 Å². The normalized spacial score (nSPS) is 10.4. The number of nitrogen functional groups attached to an aromatic ring is 2. The fraction of sp³-hybridized carbons (Fsp3) is 0. The number of fused-ring (bicyclic) bond motifs is 2. The summed E-state index contributed by atoms with van der Waals surface area (Å²) in [5.41, 5.74) is 15.1. The van der Waals surface area contributed by atoms with Gasteiger partial charge in [0, 0.05) is 34.3 Å². The molecule has 3 aromatic rings. The third kappa shape index (κ3) is 1.97. The molecule has 0 aliphatic carbocycles. The first kappa shape index (κ1) is 11.5. The van der Waals surface area contributed by atoms with Crippen LogP contribution in [0.3, 0.4) is 0 Å². The molecule has 0 bridgehead atoms. The Balaban J connectivity index is 0.00000108. The van der Waals surface area contributed by atoms with Gasteiger partial charge in [0.15, 0.2) is 0 Å². The van der Waals surface area contributed by atoms with Gasteiger partial charge in [-0.1, -0.05) is 0 Å². The maximum absolute atomic E-state index is 5.75. The van der Waals surface area contributed by atoms with Gasteiger partial charge in [0.2, 0.25) is 11.0 Å². The van der Waals surface area contributed by atoms with E-state index >= 15 is 0 Å². The number of hydrogen-bond acceptors (Lipinski definition) is 2. The summed E-state index contributed by atoms with van der Waals surface area (Å²) >= 11 is 0. The van der Waals surface area contributed by atoms with Gasteiger partial charge in [-0.05, 0) is 30.3 Å². The topological polar surface area (TPSA) is 66.2 Å². The number of aromatic nitrogens is 1. The Bertz CT molecular complexity index is 638. The highest BCUT2D eigenvalue weighted by Crippen LogP contribution is 2.19. The molecule has 1 aromatic heterocycles. The lowest BCUT2D eigenvalue weighted by Gasteiger charge is -1.98. The second-order valence-electron chi connectivity index (χ2n) is 3.96. The van der Waals surface area contributed by atoms with Gasteiger partial charge in [-0.2, -0.15) is 0 Å². The van der Waals surface area contributed by atoms with Crippen LogP contribution in [0, 0.1) is 0 Å². The molecule has 4 heteroatoms. The molecule has 0 atom stereocenters. The Hall–Kier alpha value is -2.00. The van der Waals surface area contributed by atoms with Crippen LogP contribution < -0.4 is 28.9 Å². The van der Waals surface area contributed by atoms with Crippen LogP contribution in [0.15, 0.2) is 42.5 Å². The molecule has 17 heavy (non-hydrogen) atoms. The summed E-state index contributed by atoms with van der Waals surface area (Å²) in [5, 5.41) is 2.29. The van der Waals surface area contributed by atoms with Gasteiger partial charge in [0.05, 0.1) is 0 Å². The maximum atomic E-state index is 5.75. The minimum Gasteiger partial charge on any atom is -1.00 e. The van der Waals surface area contributed by atoms with Crippen LogP contribution in [0.25, 0.3) is 21.8 Å². The second kappa shape index (κ2) is 4.11. The average molecular weight is 246 g/mol. The van der Waals surface area contributed by atoms with Crippen LogP contribution in [0.2, 0.25) is 0 Å². The number of nitrogens with one attached hydrogen (secondary N) is 1. The third-order valence-electron chi connectivity index (χ3n) is 2.74. The number of H-pyrrole nitrogens is 1. The van der Waals surface area contributed by atoms with Crippen molar-refractivity contribution in [3.63, 3.8) is 0 Å². The molecular weight excluding hydrogens is 234 g/mol. The summed E-state index contributed by atoms with van der Waals surface area (Å²) in [4.78, 5) is 3.33. The number of anilines is 2. The van der Waals surface area contributed by atoms with Crippen molar-refractivity contribution in [2.45, 2.75) is 0 Å². The standard InChI is InChI=1S/C13H11N3.ClH/c14-10-3-1-8-5-9-2-4-11(15)7-13(9)16-12(8)6-10;/h1-7H,14-15H2;1H. The van der Waals surface area contributed by atoms with E-state index in [1.807, 2.05) is 36.4 Å². The van der Waals surface area contributed by atoms with Crippen molar-refractivity contribution in [2.75, 3.05) is 11.5 Å². The summed E-state index contributed by atoms with van der Waals surface area (Å²) in [6.45, 7) is 0. The molecule has 5 N–H and O–H groups in total. The molecule has 1 heterocycles. The summed E-state index contributed by atoms with van der Waals surface area (Å²) in [6.07, 6.45) is 0. The first-order chi connectivity index (χ1) is 7.72. The first-order valence-electron chi connectivity index (χ1n) is 5.13. The Labute approximate surface area is 105 Å². The van der Waals surface area contributed by atoms with Crippen molar-refractivity contribution >= 4 is 33.2 Å². The lowest BCUT2D eigenvalue weighted by atomic mass is 10.1. The molecule has 0 radical (unpaired) electrons. The van der Waals surface area contributed by atoms with E-state index in [9.17, 15) is 0 Å². The smallest absolute Gasteiger partial charge is 0.213 e. The van der Waals surface area contributed by atoms with Crippen molar-refractivity contribution < 1.29 is 17.4 Å². The maximum Gasteiger partial charge on any atom is 0.213 e. The highest BCUT2D eigenvalue weighted by Gasteiger charge is 2.06. The fourth-order valence-corrected chi connectivity index (χ4v) is 1.93. The van der Waals surface area contributed by atoms with Crippen molar-refractivity contribution in [3.05, 3.63) is 42.5 Å². The lowest BCUT2D eigenvalue weighted by Crippen LogP contribution is -3.00. The molecule has 86 valence electrons. The number of nitrogens with two attached hydrogens (primary N) is 2. The van der Waals surface area contributed by atoms with Gasteiger partial charge >= 0.3 is 0 Å². The lowest BCUT2D eigenvalue weighted by molar-refractivity contribution is -0.310. The van der Waals surface area contributed by atoms with Gasteiger partial charge in [-0.3, -0.25) is 0 Å². The molecule has 0 saturated heterocycles. The van der Waals surface area contributed by atoms with E-state index in [-0.39, 0.29) is 12.4 Å². The molecule has 2 aromatic carbocycles. The number of hydrogen-bond donors (Lipinski definition) is 2. The van der Waals surface area contributed by atoms with Crippen LogP contribution in [0.5, 0.6) is 0 Å². The highest BCUT2D eigenvalue weighted by molar-refractivity contribution is 5.90. The summed E-state index contributed by atoms with van der Waals surface area (Å²) < 4.78 is 0. The minimum atomic E-state index is 0. The van der Waals surface area contributed by atoms with Crippen LogP contribution >= 0.6 is 0 Å². The zero-order valence-corrected chi connectivity index (χ0v) is 9.83. The Morgan fingerprint density at radius 3 is 1.65 bits per heavy atom.